The molecule has 1 N–H and O–H groups in total. The Morgan fingerprint density at radius 1 is 1.16 bits per heavy atom. The number of nitrogens with zero attached hydrogens (tertiary/aromatic N) is 2. The van der Waals surface area contributed by atoms with E-state index in [0.717, 1.165) is 18.0 Å². The molecule has 0 bridgehead atoms. The van der Waals surface area contributed by atoms with Crippen LogP contribution in [0.25, 0.3) is 0 Å². The van der Waals surface area contributed by atoms with Crippen molar-refractivity contribution in [3.63, 3.8) is 0 Å². The first-order valence-corrected chi connectivity index (χ1v) is 7.07. The van der Waals surface area contributed by atoms with Gasteiger partial charge >= 0.3 is 0 Å². The normalized spacial score (nSPS) is 17.4. The summed E-state index contributed by atoms with van der Waals surface area (Å²) in [5, 5.41) is 3.45. The number of likely N-dealkylation sites (N-methyl/N-ethyl adjacent to an activating group) is 1. The minimum absolute atomic E-state index is 0.919. The molecule has 0 saturated carbocycles. The van der Waals surface area contributed by atoms with Gasteiger partial charge in [-0.1, -0.05) is 12.1 Å². The van der Waals surface area contributed by atoms with Gasteiger partial charge < -0.3 is 19.9 Å². The van der Waals surface area contributed by atoms with Gasteiger partial charge in [0, 0.05) is 32.7 Å². The average Bonchev–Trinajstić information content (AvgIpc) is 2.46. The van der Waals surface area contributed by atoms with Crippen LogP contribution in [0, 0.1) is 0 Å². The molecule has 1 aliphatic heterocycles. The summed E-state index contributed by atoms with van der Waals surface area (Å²) >= 11 is 0. The molecule has 0 unspecified atom stereocenters. The molecule has 4 heteroatoms. The van der Waals surface area contributed by atoms with Gasteiger partial charge in [0.05, 0.1) is 12.8 Å². The summed E-state index contributed by atoms with van der Waals surface area (Å²) in [6, 6.07) is 8.08. The van der Waals surface area contributed by atoms with Gasteiger partial charge in [0.1, 0.15) is 5.75 Å². The average molecular weight is 263 g/mol. The van der Waals surface area contributed by atoms with E-state index < -0.39 is 0 Å². The van der Waals surface area contributed by atoms with E-state index in [1.54, 1.807) is 7.11 Å². The van der Waals surface area contributed by atoms with Crippen molar-refractivity contribution < 1.29 is 4.74 Å². The van der Waals surface area contributed by atoms with Crippen LogP contribution in [0.15, 0.2) is 24.3 Å². The zero-order chi connectivity index (χ0) is 13.5. The minimum atomic E-state index is 0.919. The molecule has 106 valence electrons. The van der Waals surface area contributed by atoms with Gasteiger partial charge in [-0.3, -0.25) is 0 Å². The first kappa shape index (κ1) is 14.2. The lowest BCUT2D eigenvalue weighted by Gasteiger charge is -2.32. The Morgan fingerprint density at radius 2 is 1.89 bits per heavy atom. The van der Waals surface area contributed by atoms with Gasteiger partial charge in [-0.15, -0.1) is 0 Å². The molecule has 1 aromatic rings. The van der Waals surface area contributed by atoms with E-state index >= 15 is 0 Å². The summed E-state index contributed by atoms with van der Waals surface area (Å²) in [4.78, 5) is 4.94. The first-order chi connectivity index (χ1) is 9.29. The predicted molar refractivity (Wildman–Crippen MR) is 80.0 cm³/mol. The van der Waals surface area contributed by atoms with Crippen LogP contribution in [0.1, 0.15) is 6.42 Å². The third-order valence-electron chi connectivity index (χ3n) is 3.67. The van der Waals surface area contributed by atoms with E-state index in [1.165, 1.54) is 39.1 Å². The van der Waals surface area contributed by atoms with Crippen LogP contribution >= 0.6 is 0 Å². The highest BCUT2D eigenvalue weighted by atomic mass is 16.5. The maximum absolute atomic E-state index is 5.33. The molecule has 0 amide bonds. The van der Waals surface area contributed by atoms with Gasteiger partial charge in [0.15, 0.2) is 0 Å². The number of nitrogens with one attached hydrogen (secondary N) is 1. The van der Waals surface area contributed by atoms with Crippen LogP contribution in [0.3, 0.4) is 0 Å². The molecule has 19 heavy (non-hydrogen) atoms. The van der Waals surface area contributed by atoms with Gasteiger partial charge in [0.2, 0.25) is 0 Å². The number of benzene rings is 1. The second-order valence-electron chi connectivity index (χ2n) is 5.13. The molecule has 0 atom stereocenters. The van der Waals surface area contributed by atoms with E-state index in [-0.39, 0.29) is 0 Å². The van der Waals surface area contributed by atoms with Crippen molar-refractivity contribution >= 4 is 5.69 Å². The van der Waals surface area contributed by atoms with Crippen LogP contribution in [0.5, 0.6) is 5.75 Å². The lowest BCUT2D eigenvalue weighted by Crippen LogP contribution is -2.44. The summed E-state index contributed by atoms with van der Waals surface area (Å²) < 4.78 is 5.33. The molecule has 1 fully saturated rings. The van der Waals surface area contributed by atoms with E-state index in [0.29, 0.717) is 0 Å². The molecule has 0 aliphatic carbocycles. The number of hydrogen-bond acceptors (Lipinski definition) is 4. The Balaban J connectivity index is 1.66. The summed E-state index contributed by atoms with van der Waals surface area (Å²) in [5.74, 6) is 0.919. The van der Waals surface area contributed by atoms with Crippen LogP contribution in [-0.4, -0.2) is 63.2 Å². The largest absolute Gasteiger partial charge is 0.495 e. The number of rotatable bonds is 6. The molecular formula is C15H25N3O. The lowest BCUT2D eigenvalue weighted by molar-refractivity contribution is 0.154. The van der Waals surface area contributed by atoms with Gasteiger partial charge in [-0.2, -0.15) is 0 Å². The van der Waals surface area contributed by atoms with E-state index in [1.807, 2.05) is 18.2 Å². The van der Waals surface area contributed by atoms with Crippen molar-refractivity contribution in [2.75, 3.05) is 58.7 Å². The molecule has 1 aliphatic rings. The Hall–Kier alpha value is -1.26. The topological polar surface area (TPSA) is 27.7 Å². The minimum Gasteiger partial charge on any atom is -0.495 e. The standard InChI is InChI=1S/C15H25N3O/c1-17-10-12-18(13-11-17)9-5-8-16-14-6-3-4-7-15(14)19-2/h3-4,6-7,16H,5,8-13H2,1-2H3. The number of ether oxygens (including phenoxy) is 1. The third-order valence-corrected chi connectivity index (χ3v) is 3.67. The first-order valence-electron chi connectivity index (χ1n) is 7.07. The highest BCUT2D eigenvalue weighted by molar-refractivity contribution is 5.55. The van der Waals surface area contributed by atoms with Crippen LogP contribution in [0.4, 0.5) is 5.69 Å². The fourth-order valence-corrected chi connectivity index (χ4v) is 2.39. The lowest BCUT2D eigenvalue weighted by atomic mass is 10.2. The molecule has 0 aromatic heterocycles. The van der Waals surface area contributed by atoms with Gasteiger partial charge in [-0.05, 0) is 32.1 Å². The Kier molecular flexibility index (Phi) is 5.48. The summed E-state index contributed by atoms with van der Waals surface area (Å²) in [5.41, 5.74) is 1.09. The van der Waals surface area contributed by atoms with Crippen molar-refractivity contribution in [3.05, 3.63) is 24.3 Å². The second-order valence-corrected chi connectivity index (χ2v) is 5.13. The molecule has 1 aromatic carbocycles. The fourth-order valence-electron chi connectivity index (χ4n) is 2.39. The summed E-state index contributed by atoms with van der Waals surface area (Å²) in [6.07, 6.45) is 1.17. The van der Waals surface area contributed by atoms with E-state index in [4.69, 9.17) is 4.74 Å². The van der Waals surface area contributed by atoms with E-state index in [9.17, 15) is 0 Å². The van der Waals surface area contributed by atoms with Crippen molar-refractivity contribution in [2.24, 2.45) is 0 Å². The summed E-state index contributed by atoms with van der Waals surface area (Å²) in [6.45, 7) is 6.96. The maximum Gasteiger partial charge on any atom is 0.141 e. The predicted octanol–water partition coefficient (Wildman–Crippen LogP) is 1.74. The quantitative estimate of drug-likeness (QED) is 0.791. The van der Waals surface area contributed by atoms with Crippen molar-refractivity contribution in [1.29, 1.82) is 0 Å². The van der Waals surface area contributed by atoms with Crippen molar-refractivity contribution in [2.45, 2.75) is 6.42 Å². The number of anilines is 1. The molecule has 1 heterocycles. The molecule has 0 radical (unpaired) electrons. The fraction of sp³-hybridized carbons (Fsp3) is 0.600. The third kappa shape index (κ3) is 4.40. The van der Waals surface area contributed by atoms with Crippen molar-refractivity contribution in [3.8, 4) is 5.75 Å². The monoisotopic (exact) mass is 263 g/mol. The number of piperazine rings is 1. The zero-order valence-corrected chi connectivity index (χ0v) is 12.1. The maximum atomic E-state index is 5.33. The van der Waals surface area contributed by atoms with Crippen LogP contribution < -0.4 is 10.1 Å². The molecular weight excluding hydrogens is 238 g/mol. The smallest absolute Gasteiger partial charge is 0.141 e. The number of hydrogen-bond donors (Lipinski definition) is 1. The Labute approximate surface area is 116 Å². The molecule has 2 rings (SSSR count). The molecule has 0 spiro atoms. The van der Waals surface area contributed by atoms with E-state index in [2.05, 4.69) is 28.2 Å². The van der Waals surface area contributed by atoms with Crippen LogP contribution in [0.2, 0.25) is 0 Å². The highest BCUT2D eigenvalue weighted by Crippen LogP contribution is 2.22. The second kappa shape index (κ2) is 7.36. The Morgan fingerprint density at radius 3 is 2.63 bits per heavy atom. The Bertz CT molecular complexity index is 375. The number of para-hydroxylation sites is 2. The number of methoxy groups -OCH3 is 1. The van der Waals surface area contributed by atoms with Crippen LogP contribution in [-0.2, 0) is 0 Å². The zero-order valence-electron chi connectivity index (χ0n) is 12.1. The van der Waals surface area contributed by atoms with Crippen molar-refractivity contribution in [1.82, 2.24) is 9.80 Å². The SMILES string of the molecule is COc1ccccc1NCCCN1CCN(C)CC1. The van der Waals surface area contributed by atoms with Gasteiger partial charge in [0.25, 0.3) is 0 Å². The van der Waals surface area contributed by atoms with Gasteiger partial charge in [-0.25, -0.2) is 0 Å². The molecule has 4 nitrogen and oxygen atoms in total. The molecule has 1 saturated heterocycles. The summed E-state index contributed by atoms with van der Waals surface area (Å²) in [7, 11) is 3.91. The highest BCUT2D eigenvalue weighted by Gasteiger charge is 2.12.